The number of amides is 1. The highest BCUT2D eigenvalue weighted by Crippen LogP contribution is 2.70. The van der Waals surface area contributed by atoms with Crippen LogP contribution < -0.4 is 14.8 Å². The van der Waals surface area contributed by atoms with E-state index in [2.05, 4.69) is 48.7 Å². The number of carbonyl (C=O) groups excluding carboxylic acids is 1. The quantitative estimate of drug-likeness (QED) is 0.479. The van der Waals surface area contributed by atoms with Crippen molar-refractivity contribution < 1.29 is 14.3 Å². The second kappa shape index (κ2) is 6.09. The minimum Gasteiger partial charge on any atom is -0.454 e. The lowest BCUT2D eigenvalue weighted by molar-refractivity contribution is -0.125. The van der Waals surface area contributed by atoms with Crippen LogP contribution in [0, 0.1) is 8.99 Å². The van der Waals surface area contributed by atoms with Gasteiger partial charge in [-0.1, -0.05) is 20.8 Å². The Kier molecular flexibility index (Phi) is 3.79. The number of ether oxygens (including phenoxy) is 2. The third-order valence-corrected chi connectivity index (χ3v) is 8.74. The SMILES string of the molecule is CC12CCC(C(=O)Nc3ccc(I)cc3)(c3nc4cc5c(cc4nc31)OCO5)C2(C)C. The van der Waals surface area contributed by atoms with E-state index in [1.54, 1.807) is 0 Å². The lowest BCUT2D eigenvalue weighted by Gasteiger charge is -2.39. The fourth-order valence-corrected chi connectivity index (χ4v) is 6.13. The van der Waals surface area contributed by atoms with E-state index in [4.69, 9.17) is 19.4 Å². The smallest absolute Gasteiger partial charge is 0.237 e. The predicted molar refractivity (Wildman–Crippen MR) is 125 cm³/mol. The predicted octanol–water partition coefficient (Wildman–Crippen LogP) is 4.93. The molecule has 0 radical (unpaired) electrons. The first-order valence-electron chi connectivity index (χ1n) is 10.5. The molecule has 0 saturated heterocycles. The molecule has 0 spiro atoms. The highest BCUT2D eigenvalue weighted by Gasteiger charge is 2.73. The number of hydrogen-bond donors (Lipinski definition) is 1. The molecule has 2 aliphatic carbocycles. The van der Waals surface area contributed by atoms with Gasteiger partial charge in [-0.2, -0.15) is 0 Å². The average Bonchev–Trinajstić information content (AvgIpc) is 3.31. The van der Waals surface area contributed by atoms with Crippen molar-refractivity contribution in [3.63, 3.8) is 0 Å². The van der Waals surface area contributed by atoms with Crippen LogP contribution >= 0.6 is 22.6 Å². The van der Waals surface area contributed by atoms with E-state index in [1.807, 2.05) is 36.4 Å². The topological polar surface area (TPSA) is 73.3 Å². The van der Waals surface area contributed by atoms with Crippen molar-refractivity contribution in [2.24, 2.45) is 5.41 Å². The summed E-state index contributed by atoms with van der Waals surface area (Å²) in [6.07, 6.45) is 1.66. The molecule has 1 N–H and O–H groups in total. The Morgan fingerprint density at radius 3 is 2.23 bits per heavy atom. The third-order valence-electron chi connectivity index (χ3n) is 8.02. The Balaban J connectivity index is 1.53. The number of fused-ring (bicyclic) bond motifs is 7. The first-order chi connectivity index (χ1) is 14.8. The van der Waals surface area contributed by atoms with Gasteiger partial charge < -0.3 is 14.8 Å². The Hall–Kier alpha value is -2.42. The summed E-state index contributed by atoms with van der Waals surface area (Å²) in [7, 11) is 0. The largest absolute Gasteiger partial charge is 0.454 e. The number of anilines is 1. The molecule has 6 nitrogen and oxygen atoms in total. The van der Waals surface area contributed by atoms with Gasteiger partial charge in [0.1, 0.15) is 0 Å². The van der Waals surface area contributed by atoms with Crippen LogP contribution in [0.15, 0.2) is 36.4 Å². The summed E-state index contributed by atoms with van der Waals surface area (Å²) in [6.45, 7) is 6.81. The van der Waals surface area contributed by atoms with Crippen molar-refractivity contribution >= 4 is 45.2 Å². The summed E-state index contributed by atoms with van der Waals surface area (Å²) < 4.78 is 12.2. The molecule has 2 atom stereocenters. The molecule has 1 aromatic heterocycles. The van der Waals surface area contributed by atoms with Gasteiger partial charge in [0.05, 0.1) is 27.8 Å². The zero-order valence-corrected chi connectivity index (χ0v) is 19.7. The first-order valence-corrected chi connectivity index (χ1v) is 11.5. The second-order valence-electron chi connectivity index (χ2n) is 9.44. The van der Waals surface area contributed by atoms with Crippen molar-refractivity contribution in [3.05, 3.63) is 51.4 Å². The molecule has 1 saturated carbocycles. The van der Waals surface area contributed by atoms with E-state index in [-0.39, 0.29) is 23.5 Å². The minimum absolute atomic E-state index is 0.00410. The van der Waals surface area contributed by atoms with Gasteiger partial charge in [0.25, 0.3) is 0 Å². The lowest BCUT2D eigenvalue weighted by Crippen LogP contribution is -2.48. The summed E-state index contributed by atoms with van der Waals surface area (Å²) in [5.74, 6) is 1.36. The van der Waals surface area contributed by atoms with Gasteiger partial charge in [-0.05, 0) is 65.1 Å². The van der Waals surface area contributed by atoms with E-state index >= 15 is 0 Å². The Morgan fingerprint density at radius 1 is 0.968 bits per heavy atom. The molecule has 6 rings (SSSR count). The summed E-state index contributed by atoms with van der Waals surface area (Å²) in [4.78, 5) is 24.0. The van der Waals surface area contributed by atoms with Crippen LogP contribution in [0.4, 0.5) is 5.69 Å². The molecular weight excluding hydrogens is 505 g/mol. The molecule has 7 heteroatoms. The summed E-state index contributed by atoms with van der Waals surface area (Å²) >= 11 is 2.26. The fourth-order valence-electron chi connectivity index (χ4n) is 5.77. The average molecular weight is 527 g/mol. The van der Waals surface area contributed by atoms with Crippen molar-refractivity contribution in [3.8, 4) is 11.5 Å². The van der Waals surface area contributed by atoms with E-state index < -0.39 is 5.41 Å². The van der Waals surface area contributed by atoms with Crippen LogP contribution in [0.2, 0.25) is 0 Å². The number of aromatic nitrogens is 2. The molecule has 158 valence electrons. The number of halogens is 1. The number of hydrogen-bond acceptors (Lipinski definition) is 5. The van der Waals surface area contributed by atoms with Crippen LogP contribution in [-0.4, -0.2) is 22.7 Å². The van der Waals surface area contributed by atoms with E-state index in [0.717, 1.165) is 44.5 Å². The van der Waals surface area contributed by atoms with Crippen molar-refractivity contribution in [2.45, 2.75) is 44.4 Å². The number of nitrogens with one attached hydrogen (secondary N) is 1. The second-order valence-corrected chi connectivity index (χ2v) is 10.7. The van der Waals surface area contributed by atoms with E-state index in [0.29, 0.717) is 11.5 Å². The molecule has 1 fully saturated rings. The summed E-state index contributed by atoms with van der Waals surface area (Å²) in [5, 5.41) is 3.18. The molecule has 2 unspecified atom stereocenters. The molecule has 1 amide bonds. The molecule has 2 bridgehead atoms. The zero-order valence-electron chi connectivity index (χ0n) is 17.6. The first kappa shape index (κ1) is 19.3. The van der Waals surface area contributed by atoms with Crippen LogP contribution in [-0.2, 0) is 15.6 Å². The highest BCUT2D eigenvalue weighted by atomic mass is 127. The van der Waals surface area contributed by atoms with Crippen molar-refractivity contribution in [2.75, 3.05) is 12.1 Å². The molecule has 2 aromatic carbocycles. The maximum atomic E-state index is 13.9. The van der Waals surface area contributed by atoms with E-state index in [9.17, 15) is 4.79 Å². The Labute approximate surface area is 193 Å². The van der Waals surface area contributed by atoms with Crippen LogP contribution in [0.25, 0.3) is 11.0 Å². The van der Waals surface area contributed by atoms with Crippen LogP contribution in [0.3, 0.4) is 0 Å². The number of nitrogens with zero attached hydrogens (tertiary/aromatic N) is 2. The maximum Gasteiger partial charge on any atom is 0.237 e. The normalized spacial score (nSPS) is 26.8. The van der Waals surface area contributed by atoms with E-state index in [1.165, 1.54) is 0 Å². The molecule has 31 heavy (non-hydrogen) atoms. The molecule has 3 aromatic rings. The van der Waals surface area contributed by atoms with Crippen molar-refractivity contribution in [1.82, 2.24) is 9.97 Å². The van der Waals surface area contributed by atoms with Crippen LogP contribution in [0.1, 0.15) is 45.0 Å². The van der Waals surface area contributed by atoms with Gasteiger partial charge in [-0.15, -0.1) is 0 Å². The highest BCUT2D eigenvalue weighted by molar-refractivity contribution is 14.1. The van der Waals surface area contributed by atoms with Crippen molar-refractivity contribution in [1.29, 1.82) is 0 Å². The standard InChI is InChI=1S/C24H22IN3O3/c1-22(2)23(3)8-9-24(22,21(29)26-14-6-4-13(25)5-7-14)20-19(23)27-15-10-17-18(31-12-30-17)11-16(15)28-20/h4-7,10-11H,8-9,12H2,1-3H3,(H,26,29). The fraction of sp³-hybridized carbons (Fsp3) is 0.375. The Morgan fingerprint density at radius 2 is 1.58 bits per heavy atom. The summed E-state index contributed by atoms with van der Waals surface area (Å²) in [6, 6.07) is 11.6. The molecular formula is C24H22IN3O3. The molecule has 3 aliphatic rings. The van der Waals surface area contributed by atoms with Crippen LogP contribution in [0.5, 0.6) is 11.5 Å². The van der Waals surface area contributed by atoms with Gasteiger partial charge in [0.15, 0.2) is 11.5 Å². The molecule has 1 aliphatic heterocycles. The maximum absolute atomic E-state index is 13.9. The number of rotatable bonds is 2. The lowest BCUT2D eigenvalue weighted by atomic mass is 9.63. The monoisotopic (exact) mass is 527 g/mol. The van der Waals surface area contributed by atoms with Gasteiger partial charge in [0.2, 0.25) is 12.7 Å². The number of carbonyl (C=O) groups is 1. The van der Waals surface area contributed by atoms with Gasteiger partial charge >= 0.3 is 0 Å². The minimum atomic E-state index is -0.738. The summed E-state index contributed by atoms with van der Waals surface area (Å²) in [5.41, 5.74) is 2.75. The van der Waals surface area contributed by atoms with Gasteiger partial charge in [0, 0.05) is 26.8 Å². The number of benzene rings is 2. The molecule has 2 heterocycles. The zero-order chi connectivity index (χ0) is 21.6. The van der Waals surface area contributed by atoms with Gasteiger partial charge in [-0.3, -0.25) is 4.79 Å². The third kappa shape index (κ3) is 2.30. The Bertz CT molecular complexity index is 1270. The van der Waals surface area contributed by atoms with Gasteiger partial charge in [-0.25, -0.2) is 9.97 Å².